The van der Waals surface area contributed by atoms with Gasteiger partial charge in [-0.25, -0.2) is 0 Å². The second kappa shape index (κ2) is 4.33. The van der Waals surface area contributed by atoms with E-state index in [4.69, 9.17) is 17.1 Å². The second-order valence-electron chi connectivity index (χ2n) is 1.84. The summed E-state index contributed by atoms with van der Waals surface area (Å²) in [4.78, 5) is 2.41. The van der Waals surface area contributed by atoms with Gasteiger partial charge >= 0.3 is 0 Å². The SMILES string of the molecule is [N-]=[N+]=NN=Nc1ccc(Cl)cc1. The monoisotopic (exact) mass is 181 g/mol. The third kappa shape index (κ3) is 2.57. The van der Waals surface area contributed by atoms with Gasteiger partial charge in [-0.15, -0.1) is 5.53 Å². The Balaban J connectivity index is 2.77. The van der Waals surface area contributed by atoms with Crippen molar-refractivity contribution in [2.45, 2.75) is 0 Å². The largest absolute Gasteiger partial charge is 0.163 e. The summed E-state index contributed by atoms with van der Waals surface area (Å²) in [6, 6.07) is 6.68. The Bertz CT molecular complexity index is 324. The molecule has 0 aromatic heterocycles. The Kier molecular flexibility index (Phi) is 3.07. The summed E-state index contributed by atoms with van der Waals surface area (Å²) in [5.74, 6) is 0. The minimum Gasteiger partial charge on any atom is -0.163 e. The molecular weight excluding hydrogens is 178 g/mol. The molecule has 12 heavy (non-hydrogen) atoms. The van der Waals surface area contributed by atoms with E-state index < -0.39 is 0 Å². The predicted octanol–water partition coefficient (Wildman–Crippen LogP) is 3.65. The second-order valence-corrected chi connectivity index (χ2v) is 2.28. The summed E-state index contributed by atoms with van der Waals surface area (Å²) < 4.78 is 0. The van der Waals surface area contributed by atoms with Crippen LogP contribution < -0.4 is 0 Å². The lowest BCUT2D eigenvalue weighted by atomic mass is 10.3. The molecule has 0 radical (unpaired) electrons. The van der Waals surface area contributed by atoms with E-state index in [1.54, 1.807) is 24.3 Å². The van der Waals surface area contributed by atoms with Gasteiger partial charge in [-0.2, -0.15) is 4.91 Å². The lowest BCUT2D eigenvalue weighted by Crippen LogP contribution is -1.62. The van der Waals surface area contributed by atoms with Gasteiger partial charge in [0.25, 0.3) is 0 Å². The van der Waals surface area contributed by atoms with E-state index in [-0.39, 0.29) is 0 Å². The predicted molar refractivity (Wildman–Crippen MR) is 45.1 cm³/mol. The maximum absolute atomic E-state index is 7.87. The van der Waals surface area contributed by atoms with Crippen molar-refractivity contribution in [2.75, 3.05) is 0 Å². The highest BCUT2D eigenvalue weighted by Gasteiger charge is 1.90. The molecule has 0 heterocycles. The van der Waals surface area contributed by atoms with Gasteiger partial charge in [0.1, 0.15) is 10.9 Å². The first kappa shape index (κ1) is 8.52. The number of hydrogen-bond donors (Lipinski definition) is 0. The number of nitrogens with zero attached hydrogens (tertiary/aromatic N) is 5. The standard InChI is InChI=1S/C6H4ClN5/c7-5-1-3-6(4-2-5)9-11-12-10-8/h1-4H. The summed E-state index contributed by atoms with van der Waals surface area (Å²) >= 11 is 5.62. The van der Waals surface area contributed by atoms with Crippen LogP contribution >= 0.6 is 11.6 Å². The van der Waals surface area contributed by atoms with Crippen LogP contribution in [-0.2, 0) is 0 Å². The third-order valence-corrected chi connectivity index (χ3v) is 1.32. The van der Waals surface area contributed by atoms with Crippen LogP contribution in [0.1, 0.15) is 0 Å². The van der Waals surface area contributed by atoms with Gasteiger partial charge < -0.3 is 0 Å². The average molecular weight is 182 g/mol. The quantitative estimate of drug-likeness (QED) is 0.289. The van der Waals surface area contributed by atoms with Crippen molar-refractivity contribution in [1.82, 2.24) is 0 Å². The minimum absolute atomic E-state index is 0.590. The van der Waals surface area contributed by atoms with Crippen LogP contribution in [0.5, 0.6) is 0 Å². The molecular formula is C6H4ClN5. The molecule has 0 saturated carbocycles. The first-order chi connectivity index (χ1) is 5.83. The highest BCUT2D eigenvalue weighted by atomic mass is 35.5. The zero-order valence-electron chi connectivity index (χ0n) is 5.92. The van der Waals surface area contributed by atoms with Crippen LogP contribution in [0.25, 0.3) is 10.4 Å². The Hall–Kier alpha value is -1.58. The van der Waals surface area contributed by atoms with E-state index in [1.165, 1.54) is 0 Å². The maximum atomic E-state index is 7.87. The molecule has 0 fully saturated rings. The van der Waals surface area contributed by atoms with Crippen LogP contribution in [0.2, 0.25) is 5.02 Å². The normalized spacial score (nSPS) is 9.75. The van der Waals surface area contributed by atoms with Crippen LogP contribution in [-0.4, -0.2) is 0 Å². The molecule has 0 spiro atoms. The molecule has 0 bridgehead atoms. The van der Waals surface area contributed by atoms with Crippen LogP contribution in [0.3, 0.4) is 0 Å². The van der Waals surface area contributed by atoms with Crippen molar-refractivity contribution < 1.29 is 0 Å². The Morgan fingerprint density at radius 2 is 1.92 bits per heavy atom. The molecule has 1 rings (SSSR count). The number of rotatable bonds is 2. The van der Waals surface area contributed by atoms with E-state index in [2.05, 4.69) is 20.5 Å². The van der Waals surface area contributed by atoms with Crippen LogP contribution in [0, 0.1) is 0 Å². The first-order valence-electron chi connectivity index (χ1n) is 3.03. The summed E-state index contributed by atoms with van der Waals surface area (Å²) in [6.07, 6.45) is 0. The Morgan fingerprint density at radius 1 is 1.25 bits per heavy atom. The molecule has 0 atom stereocenters. The van der Waals surface area contributed by atoms with Crippen molar-refractivity contribution in [3.05, 3.63) is 39.7 Å². The highest BCUT2D eigenvalue weighted by molar-refractivity contribution is 6.30. The maximum Gasteiger partial charge on any atom is 0.112 e. The van der Waals surface area contributed by atoms with Crippen LogP contribution in [0.4, 0.5) is 5.69 Å². The van der Waals surface area contributed by atoms with Gasteiger partial charge in [0, 0.05) is 5.02 Å². The zero-order chi connectivity index (χ0) is 8.81. The molecule has 1 aromatic carbocycles. The molecule has 5 nitrogen and oxygen atoms in total. The van der Waals surface area contributed by atoms with Crippen molar-refractivity contribution in [1.29, 1.82) is 0 Å². The van der Waals surface area contributed by atoms with Crippen molar-refractivity contribution >= 4 is 17.3 Å². The molecule has 0 saturated heterocycles. The van der Waals surface area contributed by atoms with Crippen molar-refractivity contribution in [3.8, 4) is 0 Å². The molecule has 0 unspecified atom stereocenters. The van der Waals surface area contributed by atoms with E-state index in [1.807, 2.05) is 0 Å². The summed E-state index contributed by atoms with van der Waals surface area (Å²) in [5, 5.41) is 10.3. The van der Waals surface area contributed by atoms with Crippen molar-refractivity contribution in [3.63, 3.8) is 0 Å². The number of hydrogen-bond acceptors (Lipinski definition) is 1. The summed E-state index contributed by atoms with van der Waals surface area (Å²) in [6.45, 7) is 0. The van der Waals surface area contributed by atoms with Crippen molar-refractivity contribution in [2.24, 2.45) is 15.6 Å². The Morgan fingerprint density at radius 3 is 2.50 bits per heavy atom. The van der Waals surface area contributed by atoms with Gasteiger partial charge in [0.05, 0.1) is 5.22 Å². The molecule has 0 aliphatic carbocycles. The van der Waals surface area contributed by atoms with Gasteiger partial charge in [-0.1, -0.05) is 11.6 Å². The molecule has 0 amide bonds. The zero-order valence-corrected chi connectivity index (χ0v) is 6.68. The van der Waals surface area contributed by atoms with E-state index in [0.29, 0.717) is 10.7 Å². The summed E-state index contributed by atoms with van der Waals surface area (Å²) in [7, 11) is 0. The van der Waals surface area contributed by atoms with Gasteiger partial charge in [0.2, 0.25) is 0 Å². The fourth-order valence-electron chi connectivity index (χ4n) is 0.597. The van der Waals surface area contributed by atoms with Crippen LogP contribution in [0.15, 0.2) is 39.8 Å². The topological polar surface area (TPSA) is 73.5 Å². The lowest BCUT2D eigenvalue weighted by Gasteiger charge is -1.86. The Labute approximate surface area is 73.3 Å². The molecule has 6 heteroatoms. The molecule has 1 aromatic rings. The van der Waals surface area contributed by atoms with Gasteiger partial charge in [-0.05, 0) is 29.4 Å². The number of benzene rings is 1. The van der Waals surface area contributed by atoms with E-state index in [0.717, 1.165) is 0 Å². The van der Waals surface area contributed by atoms with Gasteiger partial charge in [-0.3, -0.25) is 0 Å². The number of azide groups is 1. The molecule has 60 valence electrons. The third-order valence-electron chi connectivity index (χ3n) is 1.07. The number of halogens is 1. The van der Waals surface area contributed by atoms with E-state index >= 15 is 0 Å². The molecule has 0 aliphatic rings. The molecule has 0 aliphatic heterocycles. The summed E-state index contributed by atoms with van der Waals surface area (Å²) in [5.41, 5.74) is 8.46. The van der Waals surface area contributed by atoms with E-state index in [9.17, 15) is 0 Å². The fourth-order valence-corrected chi connectivity index (χ4v) is 0.723. The average Bonchev–Trinajstić information content (AvgIpc) is 2.09. The van der Waals surface area contributed by atoms with Gasteiger partial charge in [0.15, 0.2) is 0 Å². The molecule has 0 N–H and O–H groups in total. The lowest BCUT2D eigenvalue weighted by molar-refractivity contribution is 1.04. The smallest absolute Gasteiger partial charge is 0.112 e. The minimum atomic E-state index is 0.590. The highest BCUT2D eigenvalue weighted by Crippen LogP contribution is 2.16. The first-order valence-corrected chi connectivity index (χ1v) is 3.41. The fraction of sp³-hybridized carbons (Fsp3) is 0.